The van der Waals surface area contributed by atoms with E-state index in [9.17, 15) is 13.2 Å². The summed E-state index contributed by atoms with van der Waals surface area (Å²) in [5, 5.41) is 2.87. The standard InChI is InChI=1S/C22H26N2O7S/c1-28-18-8-6-17(13-20(18)29-2)32(26,27)24-9-3-4-15(14-24)22(25)23-16-5-7-19-21(12-16)31-11-10-30-19/h5-8,12-13,15H,3-4,9-11,14H2,1-2H3,(H,23,25)/t15-/m0/s1. The Morgan fingerprint density at radius 3 is 2.53 bits per heavy atom. The summed E-state index contributed by atoms with van der Waals surface area (Å²) >= 11 is 0. The lowest BCUT2D eigenvalue weighted by atomic mass is 9.98. The lowest BCUT2D eigenvalue weighted by molar-refractivity contribution is -0.120. The van der Waals surface area contributed by atoms with E-state index < -0.39 is 15.9 Å². The van der Waals surface area contributed by atoms with Crippen LogP contribution in [0.3, 0.4) is 0 Å². The fourth-order valence-corrected chi connectivity index (χ4v) is 5.41. The number of piperidine rings is 1. The van der Waals surface area contributed by atoms with E-state index in [0.29, 0.717) is 61.3 Å². The minimum atomic E-state index is -3.79. The molecule has 1 saturated heterocycles. The van der Waals surface area contributed by atoms with E-state index in [2.05, 4.69) is 5.32 Å². The highest BCUT2D eigenvalue weighted by molar-refractivity contribution is 7.89. The average molecular weight is 463 g/mol. The van der Waals surface area contributed by atoms with E-state index in [4.69, 9.17) is 18.9 Å². The van der Waals surface area contributed by atoms with Crippen molar-refractivity contribution in [3.8, 4) is 23.0 Å². The Morgan fingerprint density at radius 2 is 1.78 bits per heavy atom. The Bertz CT molecular complexity index is 1100. The fourth-order valence-electron chi connectivity index (χ4n) is 3.87. The number of sulfonamides is 1. The molecule has 1 N–H and O–H groups in total. The third-order valence-corrected chi connectivity index (χ3v) is 7.42. The molecular weight excluding hydrogens is 436 g/mol. The van der Waals surface area contributed by atoms with Crippen LogP contribution in [0, 0.1) is 5.92 Å². The quantitative estimate of drug-likeness (QED) is 0.704. The first-order valence-corrected chi connectivity index (χ1v) is 11.8. The molecule has 2 aromatic rings. The van der Waals surface area contributed by atoms with Crippen molar-refractivity contribution < 1.29 is 32.2 Å². The van der Waals surface area contributed by atoms with E-state index in [0.717, 1.165) is 0 Å². The van der Waals surface area contributed by atoms with Gasteiger partial charge in [0.15, 0.2) is 23.0 Å². The number of hydrogen-bond acceptors (Lipinski definition) is 7. The van der Waals surface area contributed by atoms with Crippen molar-refractivity contribution in [1.29, 1.82) is 0 Å². The van der Waals surface area contributed by atoms with Crippen LogP contribution >= 0.6 is 0 Å². The maximum atomic E-state index is 13.2. The highest BCUT2D eigenvalue weighted by atomic mass is 32.2. The Balaban J connectivity index is 1.47. The zero-order valence-electron chi connectivity index (χ0n) is 18.0. The third-order valence-electron chi connectivity index (χ3n) is 5.56. The molecular formula is C22H26N2O7S. The molecule has 2 heterocycles. The Morgan fingerprint density at radius 1 is 1.03 bits per heavy atom. The normalized spacial score (nSPS) is 18.6. The number of rotatable bonds is 6. The maximum Gasteiger partial charge on any atom is 0.243 e. The molecule has 2 aromatic carbocycles. The molecule has 32 heavy (non-hydrogen) atoms. The van der Waals surface area contributed by atoms with Crippen LogP contribution in [-0.2, 0) is 14.8 Å². The highest BCUT2D eigenvalue weighted by Gasteiger charge is 2.34. The molecule has 0 aliphatic carbocycles. The second kappa shape index (κ2) is 9.25. The fraction of sp³-hybridized carbons (Fsp3) is 0.409. The smallest absolute Gasteiger partial charge is 0.243 e. The van der Waals surface area contributed by atoms with Gasteiger partial charge < -0.3 is 24.3 Å². The van der Waals surface area contributed by atoms with Gasteiger partial charge in [-0.1, -0.05) is 0 Å². The predicted octanol–water partition coefficient (Wildman–Crippen LogP) is 2.51. The number of fused-ring (bicyclic) bond motifs is 1. The molecule has 0 bridgehead atoms. The van der Waals surface area contributed by atoms with E-state index in [1.807, 2.05) is 0 Å². The summed E-state index contributed by atoms with van der Waals surface area (Å²) in [5.41, 5.74) is 0.583. The van der Waals surface area contributed by atoms with Crippen molar-refractivity contribution in [1.82, 2.24) is 4.31 Å². The first-order chi connectivity index (χ1) is 15.4. The Kier molecular flexibility index (Phi) is 6.43. The van der Waals surface area contributed by atoms with Crippen LogP contribution in [0.2, 0.25) is 0 Å². The molecule has 0 unspecified atom stereocenters. The first-order valence-electron chi connectivity index (χ1n) is 10.3. The highest BCUT2D eigenvalue weighted by Crippen LogP contribution is 2.34. The largest absolute Gasteiger partial charge is 0.493 e. The Labute approximate surface area is 187 Å². The summed E-state index contributed by atoms with van der Waals surface area (Å²) in [4.78, 5) is 13.0. The van der Waals surface area contributed by atoms with Crippen molar-refractivity contribution in [2.45, 2.75) is 17.7 Å². The van der Waals surface area contributed by atoms with Crippen LogP contribution < -0.4 is 24.3 Å². The molecule has 2 aliphatic rings. The molecule has 0 saturated carbocycles. The van der Waals surface area contributed by atoms with Crippen molar-refractivity contribution in [3.05, 3.63) is 36.4 Å². The zero-order valence-corrected chi connectivity index (χ0v) is 18.8. The summed E-state index contributed by atoms with van der Waals surface area (Å²) < 4.78 is 49.2. The SMILES string of the molecule is COc1ccc(S(=O)(=O)N2CCC[C@H](C(=O)Nc3ccc4c(c3)OCCO4)C2)cc1OC. The van der Waals surface area contributed by atoms with Gasteiger partial charge in [0.25, 0.3) is 0 Å². The number of carbonyl (C=O) groups excluding carboxylic acids is 1. The van der Waals surface area contributed by atoms with E-state index >= 15 is 0 Å². The van der Waals surface area contributed by atoms with Gasteiger partial charge in [-0.25, -0.2) is 8.42 Å². The molecule has 0 aromatic heterocycles. The number of anilines is 1. The molecule has 172 valence electrons. The number of amides is 1. The van der Waals surface area contributed by atoms with Crippen LogP contribution in [-0.4, -0.2) is 59.2 Å². The number of ether oxygens (including phenoxy) is 4. The molecule has 4 rings (SSSR count). The maximum absolute atomic E-state index is 13.2. The summed E-state index contributed by atoms with van der Waals surface area (Å²) in [6.45, 7) is 1.40. The number of methoxy groups -OCH3 is 2. The summed E-state index contributed by atoms with van der Waals surface area (Å²) in [6, 6.07) is 9.68. The van der Waals surface area contributed by atoms with E-state index in [1.165, 1.54) is 30.7 Å². The van der Waals surface area contributed by atoms with Crippen LogP contribution in [0.15, 0.2) is 41.3 Å². The Hall–Kier alpha value is -2.98. The molecule has 1 fully saturated rings. The van der Waals surface area contributed by atoms with Gasteiger partial charge in [0.05, 0.1) is 25.0 Å². The molecule has 1 atom stereocenters. The summed E-state index contributed by atoms with van der Waals surface area (Å²) in [5.74, 6) is 1.30. The van der Waals surface area contributed by atoms with Gasteiger partial charge in [-0.2, -0.15) is 4.31 Å². The minimum Gasteiger partial charge on any atom is -0.493 e. The lowest BCUT2D eigenvalue weighted by Crippen LogP contribution is -2.43. The zero-order chi connectivity index (χ0) is 22.7. The van der Waals surface area contributed by atoms with E-state index in [1.54, 1.807) is 24.3 Å². The topological polar surface area (TPSA) is 103 Å². The monoisotopic (exact) mass is 462 g/mol. The van der Waals surface area contributed by atoms with Crippen molar-refractivity contribution in [2.24, 2.45) is 5.92 Å². The van der Waals surface area contributed by atoms with Gasteiger partial charge in [0.1, 0.15) is 13.2 Å². The van der Waals surface area contributed by atoms with Crippen molar-refractivity contribution >= 4 is 21.6 Å². The van der Waals surface area contributed by atoms with Gasteiger partial charge in [-0.3, -0.25) is 4.79 Å². The van der Waals surface area contributed by atoms with Crippen LogP contribution in [0.1, 0.15) is 12.8 Å². The number of carbonyl (C=O) groups is 1. The van der Waals surface area contributed by atoms with Gasteiger partial charge >= 0.3 is 0 Å². The van der Waals surface area contributed by atoms with Crippen molar-refractivity contribution in [2.75, 3.05) is 45.8 Å². The second-order valence-corrected chi connectivity index (χ2v) is 9.50. The van der Waals surface area contributed by atoms with Crippen LogP contribution in [0.5, 0.6) is 23.0 Å². The summed E-state index contributed by atoms with van der Waals surface area (Å²) in [6.07, 6.45) is 1.19. The van der Waals surface area contributed by atoms with Gasteiger partial charge in [0.2, 0.25) is 15.9 Å². The van der Waals surface area contributed by atoms with Crippen LogP contribution in [0.4, 0.5) is 5.69 Å². The predicted molar refractivity (Wildman–Crippen MR) is 117 cm³/mol. The number of benzene rings is 2. The molecule has 0 spiro atoms. The number of nitrogens with one attached hydrogen (secondary N) is 1. The van der Waals surface area contributed by atoms with Crippen molar-refractivity contribution in [3.63, 3.8) is 0 Å². The number of hydrogen-bond donors (Lipinski definition) is 1. The van der Waals surface area contributed by atoms with E-state index in [-0.39, 0.29) is 17.3 Å². The van der Waals surface area contributed by atoms with Gasteiger partial charge in [0, 0.05) is 30.9 Å². The van der Waals surface area contributed by atoms with Gasteiger partial charge in [-0.15, -0.1) is 0 Å². The molecule has 2 aliphatic heterocycles. The van der Waals surface area contributed by atoms with Gasteiger partial charge in [-0.05, 0) is 37.1 Å². The summed E-state index contributed by atoms with van der Waals surface area (Å²) in [7, 11) is -0.850. The average Bonchev–Trinajstić information content (AvgIpc) is 2.83. The second-order valence-electron chi connectivity index (χ2n) is 7.57. The minimum absolute atomic E-state index is 0.100. The molecule has 1 amide bonds. The number of nitrogens with zero attached hydrogens (tertiary/aromatic N) is 1. The molecule has 10 heteroatoms. The lowest BCUT2D eigenvalue weighted by Gasteiger charge is -2.31. The molecule has 9 nitrogen and oxygen atoms in total. The van der Waals surface area contributed by atoms with Crippen LogP contribution in [0.25, 0.3) is 0 Å². The first kappa shape index (κ1) is 22.2. The molecule has 0 radical (unpaired) electrons. The third kappa shape index (κ3) is 4.46.